The monoisotopic (exact) mass is 287 g/mol. The molecule has 0 spiro atoms. The number of alkyl halides is 3. The quantitative estimate of drug-likeness (QED) is 0.858. The smallest absolute Gasteiger partial charge is 0.381 e. The SMILES string of the molecule is FC(F)(F)c1nc(C2CCCOC2)nc2c1CCNC2. The summed E-state index contributed by atoms with van der Waals surface area (Å²) in [5.41, 5.74) is -0.0274. The Labute approximate surface area is 114 Å². The third-order valence-electron chi connectivity index (χ3n) is 3.75. The van der Waals surface area contributed by atoms with Crippen LogP contribution in [0.25, 0.3) is 0 Å². The summed E-state index contributed by atoms with van der Waals surface area (Å²) in [6.45, 7) is 1.98. The zero-order valence-corrected chi connectivity index (χ0v) is 11.0. The Morgan fingerprint density at radius 3 is 2.80 bits per heavy atom. The predicted octanol–water partition coefficient (Wildman–Crippen LogP) is 2.04. The molecular formula is C13H16F3N3O. The minimum Gasteiger partial charge on any atom is -0.381 e. The molecule has 0 aliphatic carbocycles. The molecule has 1 unspecified atom stereocenters. The van der Waals surface area contributed by atoms with E-state index < -0.39 is 11.9 Å². The highest BCUT2D eigenvalue weighted by Crippen LogP contribution is 2.34. The maximum absolute atomic E-state index is 13.2. The number of hydrogen-bond donors (Lipinski definition) is 1. The first-order valence-corrected chi connectivity index (χ1v) is 6.81. The molecule has 3 heterocycles. The second-order valence-electron chi connectivity index (χ2n) is 5.19. The first-order valence-electron chi connectivity index (χ1n) is 6.81. The molecule has 1 aromatic heterocycles. The van der Waals surface area contributed by atoms with E-state index in [0.29, 0.717) is 38.4 Å². The molecule has 1 saturated heterocycles. The number of ether oxygens (including phenoxy) is 1. The number of hydrogen-bond acceptors (Lipinski definition) is 4. The lowest BCUT2D eigenvalue weighted by atomic mass is 9.99. The molecule has 3 rings (SSSR count). The van der Waals surface area contributed by atoms with Crippen molar-refractivity contribution in [1.29, 1.82) is 0 Å². The lowest BCUT2D eigenvalue weighted by Crippen LogP contribution is -2.30. The summed E-state index contributed by atoms with van der Waals surface area (Å²) < 4.78 is 44.9. The Bertz CT molecular complexity index is 498. The van der Waals surface area contributed by atoms with Gasteiger partial charge in [-0.2, -0.15) is 13.2 Å². The van der Waals surface area contributed by atoms with E-state index in [1.165, 1.54) is 0 Å². The lowest BCUT2D eigenvalue weighted by Gasteiger charge is -2.25. The van der Waals surface area contributed by atoms with Gasteiger partial charge < -0.3 is 10.1 Å². The van der Waals surface area contributed by atoms with Crippen LogP contribution in [0.15, 0.2) is 0 Å². The van der Waals surface area contributed by atoms with Gasteiger partial charge in [0.25, 0.3) is 0 Å². The molecule has 1 fully saturated rings. The summed E-state index contributed by atoms with van der Waals surface area (Å²) in [7, 11) is 0. The molecule has 0 bridgehead atoms. The van der Waals surface area contributed by atoms with Crippen molar-refractivity contribution in [2.24, 2.45) is 0 Å². The fourth-order valence-corrected chi connectivity index (χ4v) is 2.74. The molecule has 20 heavy (non-hydrogen) atoms. The Morgan fingerprint density at radius 1 is 1.25 bits per heavy atom. The van der Waals surface area contributed by atoms with Crippen molar-refractivity contribution in [3.05, 3.63) is 22.8 Å². The van der Waals surface area contributed by atoms with Crippen LogP contribution in [0.2, 0.25) is 0 Å². The van der Waals surface area contributed by atoms with Crippen LogP contribution in [0.3, 0.4) is 0 Å². The van der Waals surface area contributed by atoms with Gasteiger partial charge in [-0.3, -0.25) is 0 Å². The average molecular weight is 287 g/mol. The molecule has 1 atom stereocenters. The van der Waals surface area contributed by atoms with Crippen molar-refractivity contribution < 1.29 is 17.9 Å². The molecular weight excluding hydrogens is 271 g/mol. The minimum atomic E-state index is -4.42. The summed E-state index contributed by atoms with van der Waals surface area (Å²) in [4.78, 5) is 8.19. The molecule has 0 aromatic carbocycles. The van der Waals surface area contributed by atoms with Gasteiger partial charge >= 0.3 is 6.18 Å². The summed E-state index contributed by atoms with van der Waals surface area (Å²) in [5, 5.41) is 3.06. The van der Waals surface area contributed by atoms with Crippen LogP contribution in [0, 0.1) is 0 Å². The van der Waals surface area contributed by atoms with Gasteiger partial charge in [0.2, 0.25) is 0 Å². The van der Waals surface area contributed by atoms with E-state index in [9.17, 15) is 13.2 Å². The minimum absolute atomic E-state index is 0.128. The van der Waals surface area contributed by atoms with Crippen LogP contribution in [-0.2, 0) is 23.9 Å². The zero-order valence-electron chi connectivity index (χ0n) is 11.0. The van der Waals surface area contributed by atoms with Crippen LogP contribution < -0.4 is 5.32 Å². The van der Waals surface area contributed by atoms with Crippen LogP contribution in [0.5, 0.6) is 0 Å². The topological polar surface area (TPSA) is 47.0 Å². The number of aromatic nitrogens is 2. The van der Waals surface area contributed by atoms with Gasteiger partial charge in [-0.15, -0.1) is 0 Å². The molecule has 1 aromatic rings. The summed E-state index contributed by atoms with van der Waals surface area (Å²) in [6.07, 6.45) is -2.48. The van der Waals surface area contributed by atoms with Crippen LogP contribution in [-0.4, -0.2) is 29.7 Å². The molecule has 0 radical (unpaired) electrons. The molecule has 0 saturated carbocycles. The van der Waals surface area contributed by atoms with Gasteiger partial charge in [-0.05, 0) is 25.8 Å². The molecule has 1 N–H and O–H groups in total. The second-order valence-corrected chi connectivity index (χ2v) is 5.19. The molecule has 4 nitrogen and oxygen atoms in total. The highest BCUT2D eigenvalue weighted by atomic mass is 19.4. The van der Waals surface area contributed by atoms with E-state index in [4.69, 9.17) is 4.74 Å². The van der Waals surface area contributed by atoms with E-state index in [-0.39, 0.29) is 17.3 Å². The first kappa shape index (κ1) is 13.8. The molecule has 2 aliphatic heterocycles. The maximum atomic E-state index is 13.2. The highest BCUT2D eigenvalue weighted by Gasteiger charge is 2.38. The average Bonchev–Trinajstić information content (AvgIpc) is 2.46. The Morgan fingerprint density at radius 2 is 2.10 bits per heavy atom. The Balaban J connectivity index is 2.03. The summed E-state index contributed by atoms with van der Waals surface area (Å²) in [6, 6.07) is 0. The van der Waals surface area contributed by atoms with Gasteiger partial charge in [0.1, 0.15) is 5.82 Å². The van der Waals surface area contributed by atoms with Crippen molar-refractivity contribution in [2.45, 2.75) is 37.9 Å². The van der Waals surface area contributed by atoms with E-state index in [1.807, 2.05) is 0 Å². The van der Waals surface area contributed by atoms with Crippen molar-refractivity contribution >= 4 is 0 Å². The number of nitrogens with zero attached hydrogens (tertiary/aromatic N) is 2. The normalized spacial score (nSPS) is 23.4. The van der Waals surface area contributed by atoms with E-state index in [2.05, 4.69) is 15.3 Å². The lowest BCUT2D eigenvalue weighted by molar-refractivity contribution is -0.142. The van der Waals surface area contributed by atoms with Gasteiger partial charge in [-0.1, -0.05) is 0 Å². The van der Waals surface area contributed by atoms with Gasteiger partial charge in [0.05, 0.1) is 12.3 Å². The fourth-order valence-electron chi connectivity index (χ4n) is 2.74. The third-order valence-corrected chi connectivity index (χ3v) is 3.75. The van der Waals surface area contributed by atoms with E-state index in [0.717, 1.165) is 12.8 Å². The van der Waals surface area contributed by atoms with Gasteiger partial charge in [0.15, 0.2) is 5.69 Å². The first-order chi connectivity index (χ1) is 9.55. The van der Waals surface area contributed by atoms with Crippen LogP contribution in [0.1, 0.15) is 41.5 Å². The Hall–Kier alpha value is -1.21. The molecule has 7 heteroatoms. The predicted molar refractivity (Wildman–Crippen MR) is 65.2 cm³/mol. The van der Waals surface area contributed by atoms with Gasteiger partial charge in [-0.25, -0.2) is 9.97 Å². The second kappa shape index (κ2) is 5.29. The largest absolute Gasteiger partial charge is 0.433 e. The van der Waals surface area contributed by atoms with E-state index in [1.54, 1.807) is 0 Å². The number of halogens is 3. The maximum Gasteiger partial charge on any atom is 0.433 e. The highest BCUT2D eigenvalue weighted by molar-refractivity contribution is 5.31. The van der Waals surface area contributed by atoms with Crippen LogP contribution >= 0.6 is 0 Å². The summed E-state index contributed by atoms with van der Waals surface area (Å²) in [5.74, 6) is 0.150. The standard InChI is InChI=1S/C13H16F3N3O/c14-13(15,16)11-9-3-4-17-6-10(9)18-12(19-11)8-2-1-5-20-7-8/h8,17H,1-7H2. The van der Waals surface area contributed by atoms with E-state index >= 15 is 0 Å². The van der Waals surface area contributed by atoms with Crippen molar-refractivity contribution in [1.82, 2.24) is 15.3 Å². The third kappa shape index (κ3) is 2.64. The Kier molecular flexibility index (Phi) is 3.64. The van der Waals surface area contributed by atoms with Crippen LogP contribution in [0.4, 0.5) is 13.2 Å². The van der Waals surface area contributed by atoms with Crippen molar-refractivity contribution in [3.63, 3.8) is 0 Å². The molecule has 0 amide bonds. The zero-order chi connectivity index (χ0) is 14.2. The fraction of sp³-hybridized carbons (Fsp3) is 0.692. The summed E-state index contributed by atoms with van der Waals surface area (Å²) >= 11 is 0. The number of rotatable bonds is 1. The molecule has 110 valence electrons. The van der Waals surface area contributed by atoms with Gasteiger partial charge in [0, 0.05) is 24.6 Å². The molecule has 2 aliphatic rings. The van der Waals surface area contributed by atoms with Crippen molar-refractivity contribution in [2.75, 3.05) is 19.8 Å². The van der Waals surface area contributed by atoms with Crippen molar-refractivity contribution in [3.8, 4) is 0 Å². The number of fused-ring (bicyclic) bond motifs is 1. The number of nitrogens with one attached hydrogen (secondary N) is 1.